The minimum absolute atomic E-state index is 0.357. The number of nitrogens with zero attached hydrogens (tertiary/aromatic N) is 1. The summed E-state index contributed by atoms with van der Waals surface area (Å²) in [6.45, 7) is 8.69. The summed E-state index contributed by atoms with van der Waals surface area (Å²) in [5, 5.41) is 0. The zero-order valence-electron chi connectivity index (χ0n) is 10.8. The first-order valence-corrected chi connectivity index (χ1v) is 7.05. The first-order valence-electron chi connectivity index (χ1n) is 6.26. The minimum Gasteiger partial charge on any atom is -0.370 e. The molecular weight excluding hydrogens is 276 g/mol. The second-order valence-electron chi connectivity index (χ2n) is 5.29. The molecule has 1 aromatic rings. The Labute approximate surface area is 112 Å². The maximum atomic E-state index is 6.08. The predicted octanol–water partition coefficient (Wildman–Crippen LogP) is 3.24. The van der Waals surface area contributed by atoms with Crippen molar-refractivity contribution in [2.45, 2.75) is 33.2 Å². The van der Waals surface area contributed by atoms with Gasteiger partial charge in [-0.3, -0.25) is 0 Å². The van der Waals surface area contributed by atoms with Crippen LogP contribution in [0.3, 0.4) is 0 Å². The van der Waals surface area contributed by atoms with Gasteiger partial charge < -0.3 is 10.6 Å². The third kappa shape index (κ3) is 2.66. The number of hydrogen-bond donors (Lipinski definition) is 1. The van der Waals surface area contributed by atoms with Crippen molar-refractivity contribution in [3.63, 3.8) is 0 Å². The highest BCUT2D eigenvalue weighted by Crippen LogP contribution is 2.33. The second kappa shape index (κ2) is 4.99. The monoisotopic (exact) mass is 296 g/mol. The summed E-state index contributed by atoms with van der Waals surface area (Å²) in [5.41, 5.74) is 10.1. The fraction of sp³-hybridized carbons (Fsp3) is 0.571. The Bertz CT molecular complexity index is 394. The van der Waals surface area contributed by atoms with Crippen molar-refractivity contribution < 1.29 is 0 Å². The standard InChI is InChI=1S/C14H21BrN2/c1-9-6-10(2)14(12(15)7-9)17-5-4-13(16)11(3)8-17/h6-7,11,13H,4-5,8,16H2,1-3H3. The number of anilines is 1. The van der Waals surface area contributed by atoms with Crippen molar-refractivity contribution in [1.82, 2.24) is 0 Å². The van der Waals surface area contributed by atoms with E-state index >= 15 is 0 Å². The first-order chi connectivity index (χ1) is 7.99. The van der Waals surface area contributed by atoms with Crippen LogP contribution in [0.15, 0.2) is 16.6 Å². The molecule has 2 atom stereocenters. The summed E-state index contributed by atoms with van der Waals surface area (Å²) in [5.74, 6) is 0.566. The summed E-state index contributed by atoms with van der Waals surface area (Å²) in [6.07, 6.45) is 1.08. The lowest BCUT2D eigenvalue weighted by molar-refractivity contribution is 0.382. The Balaban J connectivity index is 2.29. The van der Waals surface area contributed by atoms with Gasteiger partial charge in [0.25, 0.3) is 0 Å². The SMILES string of the molecule is Cc1cc(C)c(N2CCC(N)C(C)C2)c(Br)c1. The Morgan fingerprint density at radius 2 is 2.06 bits per heavy atom. The number of piperidine rings is 1. The van der Waals surface area contributed by atoms with Gasteiger partial charge in [-0.1, -0.05) is 13.0 Å². The molecule has 0 spiro atoms. The lowest BCUT2D eigenvalue weighted by Gasteiger charge is -2.38. The molecule has 1 heterocycles. The molecular formula is C14H21BrN2. The maximum Gasteiger partial charge on any atom is 0.0540 e. The van der Waals surface area contributed by atoms with E-state index in [0.29, 0.717) is 12.0 Å². The Morgan fingerprint density at radius 3 is 2.65 bits per heavy atom. The zero-order chi connectivity index (χ0) is 12.6. The van der Waals surface area contributed by atoms with Gasteiger partial charge in [0.2, 0.25) is 0 Å². The molecule has 1 aliphatic heterocycles. The molecule has 2 nitrogen and oxygen atoms in total. The molecule has 0 radical (unpaired) electrons. The maximum absolute atomic E-state index is 6.08. The van der Waals surface area contributed by atoms with Gasteiger partial charge in [0.15, 0.2) is 0 Å². The van der Waals surface area contributed by atoms with Crippen LogP contribution in [0, 0.1) is 19.8 Å². The molecule has 1 aromatic carbocycles. The van der Waals surface area contributed by atoms with E-state index in [0.717, 1.165) is 19.5 Å². The Hall–Kier alpha value is -0.540. The van der Waals surface area contributed by atoms with Gasteiger partial charge in [-0.25, -0.2) is 0 Å². The van der Waals surface area contributed by atoms with Crippen molar-refractivity contribution in [2.75, 3.05) is 18.0 Å². The van der Waals surface area contributed by atoms with E-state index < -0.39 is 0 Å². The average Bonchev–Trinajstić information content (AvgIpc) is 2.21. The summed E-state index contributed by atoms with van der Waals surface area (Å²) < 4.78 is 1.21. The highest BCUT2D eigenvalue weighted by atomic mass is 79.9. The van der Waals surface area contributed by atoms with Gasteiger partial charge in [0.1, 0.15) is 0 Å². The smallest absolute Gasteiger partial charge is 0.0540 e. The van der Waals surface area contributed by atoms with E-state index in [-0.39, 0.29) is 0 Å². The second-order valence-corrected chi connectivity index (χ2v) is 6.14. The number of nitrogens with two attached hydrogens (primary N) is 1. The molecule has 0 aromatic heterocycles. The largest absolute Gasteiger partial charge is 0.370 e. The van der Waals surface area contributed by atoms with Crippen LogP contribution in [-0.4, -0.2) is 19.1 Å². The lowest BCUT2D eigenvalue weighted by atomic mass is 9.94. The lowest BCUT2D eigenvalue weighted by Crippen LogP contribution is -2.46. The van der Waals surface area contributed by atoms with Crippen LogP contribution in [0.1, 0.15) is 24.5 Å². The predicted molar refractivity (Wildman–Crippen MR) is 77.6 cm³/mol. The minimum atomic E-state index is 0.357. The molecule has 2 unspecified atom stereocenters. The summed E-state index contributed by atoms with van der Waals surface area (Å²) >= 11 is 3.70. The highest BCUT2D eigenvalue weighted by molar-refractivity contribution is 9.10. The first kappa shape index (κ1) is 12.9. The van der Waals surface area contributed by atoms with Crippen LogP contribution in [0.4, 0.5) is 5.69 Å². The fourth-order valence-corrected chi connectivity index (χ4v) is 3.60. The molecule has 0 bridgehead atoms. The van der Waals surface area contributed by atoms with Gasteiger partial charge in [0.05, 0.1) is 5.69 Å². The highest BCUT2D eigenvalue weighted by Gasteiger charge is 2.25. The topological polar surface area (TPSA) is 29.3 Å². The zero-order valence-corrected chi connectivity index (χ0v) is 12.4. The molecule has 1 aliphatic rings. The van der Waals surface area contributed by atoms with Crippen LogP contribution in [0.25, 0.3) is 0 Å². The average molecular weight is 297 g/mol. The summed E-state index contributed by atoms with van der Waals surface area (Å²) in [4.78, 5) is 2.47. The third-order valence-electron chi connectivity index (χ3n) is 3.69. The van der Waals surface area contributed by atoms with E-state index in [9.17, 15) is 0 Å². The molecule has 1 saturated heterocycles. The summed E-state index contributed by atoms with van der Waals surface area (Å²) in [7, 11) is 0. The van der Waals surface area contributed by atoms with Crippen molar-refractivity contribution in [2.24, 2.45) is 11.7 Å². The number of aryl methyl sites for hydroxylation is 2. The molecule has 0 saturated carbocycles. The van der Waals surface area contributed by atoms with Gasteiger partial charge >= 0.3 is 0 Å². The van der Waals surface area contributed by atoms with Crippen LogP contribution in [-0.2, 0) is 0 Å². The normalized spacial score (nSPS) is 25.1. The van der Waals surface area contributed by atoms with Crippen LogP contribution in [0.2, 0.25) is 0 Å². The van der Waals surface area contributed by atoms with Crippen LogP contribution in [0.5, 0.6) is 0 Å². The van der Waals surface area contributed by atoms with Crippen molar-refractivity contribution in [1.29, 1.82) is 0 Å². The Morgan fingerprint density at radius 1 is 1.35 bits per heavy atom. The van der Waals surface area contributed by atoms with Gasteiger partial charge in [-0.05, 0) is 59.3 Å². The van der Waals surface area contributed by atoms with Gasteiger partial charge in [-0.2, -0.15) is 0 Å². The molecule has 1 fully saturated rings. The fourth-order valence-electron chi connectivity index (χ4n) is 2.68. The van der Waals surface area contributed by atoms with Crippen LogP contribution >= 0.6 is 15.9 Å². The number of benzene rings is 1. The quantitative estimate of drug-likeness (QED) is 0.862. The van der Waals surface area contributed by atoms with E-state index in [1.165, 1.54) is 21.3 Å². The van der Waals surface area contributed by atoms with Crippen LogP contribution < -0.4 is 10.6 Å². The van der Waals surface area contributed by atoms with E-state index in [1.54, 1.807) is 0 Å². The van der Waals surface area contributed by atoms with Gasteiger partial charge in [-0.15, -0.1) is 0 Å². The summed E-state index contributed by atoms with van der Waals surface area (Å²) in [6, 6.07) is 4.80. The van der Waals surface area contributed by atoms with Crippen molar-refractivity contribution in [3.8, 4) is 0 Å². The number of halogens is 1. The van der Waals surface area contributed by atoms with E-state index in [2.05, 4.69) is 53.7 Å². The molecule has 0 aliphatic carbocycles. The van der Waals surface area contributed by atoms with Crippen molar-refractivity contribution in [3.05, 3.63) is 27.7 Å². The Kier molecular flexibility index (Phi) is 3.79. The van der Waals surface area contributed by atoms with Crippen molar-refractivity contribution >= 4 is 21.6 Å². The molecule has 17 heavy (non-hydrogen) atoms. The third-order valence-corrected chi connectivity index (χ3v) is 4.29. The van der Waals surface area contributed by atoms with Gasteiger partial charge in [0, 0.05) is 23.6 Å². The van der Waals surface area contributed by atoms with E-state index in [4.69, 9.17) is 5.73 Å². The van der Waals surface area contributed by atoms with E-state index in [1.807, 2.05) is 0 Å². The number of hydrogen-bond acceptors (Lipinski definition) is 2. The molecule has 94 valence electrons. The molecule has 0 amide bonds. The molecule has 2 rings (SSSR count). The molecule has 3 heteroatoms. The number of rotatable bonds is 1. The molecule has 2 N–H and O–H groups in total.